The first-order valence-electron chi connectivity index (χ1n) is 8.32. The van der Waals surface area contributed by atoms with E-state index in [1.165, 1.54) is 5.56 Å². The van der Waals surface area contributed by atoms with Crippen molar-refractivity contribution in [2.24, 2.45) is 11.7 Å². The van der Waals surface area contributed by atoms with Gasteiger partial charge in [0.05, 0.1) is 5.69 Å². The summed E-state index contributed by atoms with van der Waals surface area (Å²) in [6.07, 6.45) is 4.78. The van der Waals surface area contributed by atoms with Gasteiger partial charge in [-0.05, 0) is 51.4 Å². The van der Waals surface area contributed by atoms with Crippen LogP contribution in [-0.2, 0) is 0 Å². The van der Waals surface area contributed by atoms with E-state index < -0.39 is 0 Å². The third-order valence-corrected chi connectivity index (χ3v) is 4.88. The number of benzene rings is 1. The Morgan fingerprint density at radius 1 is 1.26 bits per heavy atom. The first-order chi connectivity index (χ1) is 11.0. The smallest absolute Gasteiger partial charge is 0.330 e. The van der Waals surface area contributed by atoms with Crippen molar-refractivity contribution in [2.45, 2.75) is 32.4 Å². The zero-order valence-corrected chi connectivity index (χ0v) is 14.1. The number of hydrogen-bond donors (Lipinski definition) is 1. The molecule has 2 N–H and O–H groups in total. The fourth-order valence-corrected chi connectivity index (χ4v) is 3.60. The summed E-state index contributed by atoms with van der Waals surface area (Å²) >= 11 is 0. The lowest BCUT2D eigenvalue weighted by Gasteiger charge is -2.22. The van der Waals surface area contributed by atoms with Crippen LogP contribution in [0.1, 0.15) is 37.9 Å². The van der Waals surface area contributed by atoms with Crippen LogP contribution in [0.15, 0.2) is 41.5 Å². The molecule has 5 heteroatoms. The van der Waals surface area contributed by atoms with E-state index in [2.05, 4.69) is 18.0 Å². The molecular formula is C18H26N4O. The number of rotatable bonds is 4. The van der Waals surface area contributed by atoms with Crippen molar-refractivity contribution in [3.63, 3.8) is 0 Å². The predicted molar refractivity (Wildman–Crippen MR) is 92.9 cm³/mol. The summed E-state index contributed by atoms with van der Waals surface area (Å²) in [7, 11) is 2.14. The fourth-order valence-electron chi connectivity index (χ4n) is 3.60. The SMILES string of the molecule is CC(C)n1ccn(-c2ccccc2C2CC(CN)CN2C)c1=O. The number of nitrogens with two attached hydrogens (primary N) is 1. The van der Waals surface area contributed by atoms with Crippen molar-refractivity contribution in [3.8, 4) is 5.69 Å². The molecule has 1 aromatic heterocycles. The van der Waals surface area contributed by atoms with Gasteiger partial charge in [0.15, 0.2) is 0 Å². The van der Waals surface area contributed by atoms with Gasteiger partial charge in [0.25, 0.3) is 0 Å². The molecule has 2 unspecified atom stereocenters. The molecule has 2 heterocycles. The first kappa shape index (κ1) is 16.0. The molecule has 0 saturated carbocycles. The zero-order valence-electron chi connectivity index (χ0n) is 14.1. The van der Waals surface area contributed by atoms with Gasteiger partial charge < -0.3 is 5.73 Å². The zero-order chi connectivity index (χ0) is 16.6. The third-order valence-electron chi connectivity index (χ3n) is 4.88. The minimum absolute atomic E-state index is 0.0171. The lowest BCUT2D eigenvalue weighted by molar-refractivity contribution is 0.313. The Labute approximate surface area is 137 Å². The number of para-hydroxylation sites is 1. The van der Waals surface area contributed by atoms with Crippen molar-refractivity contribution in [3.05, 3.63) is 52.7 Å². The second-order valence-electron chi connectivity index (χ2n) is 6.80. The van der Waals surface area contributed by atoms with Crippen LogP contribution in [-0.4, -0.2) is 34.2 Å². The summed E-state index contributed by atoms with van der Waals surface area (Å²) in [5.41, 5.74) is 8.06. The van der Waals surface area contributed by atoms with Gasteiger partial charge in [-0.1, -0.05) is 18.2 Å². The molecule has 1 aliphatic heterocycles. The molecule has 2 atom stereocenters. The number of aromatic nitrogens is 2. The maximum atomic E-state index is 12.7. The van der Waals surface area contributed by atoms with Crippen LogP contribution < -0.4 is 11.4 Å². The van der Waals surface area contributed by atoms with Crippen molar-refractivity contribution in [1.29, 1.82) is 0 Å². The maximum absolute atomic E-state index is 12.7. The first-order valence-corrected chi connectivity index (χ1v) is 8.32. The highest BCUT2D eigenvalue weighted by Crippen LogP contribution is 2.36. The van der Waals surface area contributed by atoms with Gasteiger partial charge >= 0.3 is 5.69 Å². The standard InChI is InChI=1S/C18H26N4O/c1-13(2)21-8-9-22(18(21)23)16-7-5-4-6-15(16)17-10-14(11-19)12-20(17)3/h4-9,13-14,17H,10-12,19H2,1-3H3. The highest BCUT2D eigenvalue weighted by Gasteiger charge is 2.31. The van der Waals surface area contributed by atoms with Crippen LogP contribution in [0, 0.1) is 5.92 Å². The second-order valence-corrected chi connectivity index (χ2v) is 6.80. The second kappa shape index (κ2) is 6.34. The van der Waals surface area contributed by atoms with Crippen molar-refractivity contribution >= 4 is 0 Å². The Hall–Kier alpha value is -1.85. The minimum atomic E-state index is 0.0171. The van der Waals surface area contributed by atoms with Gasteiger partial charge in [0.2, 0.25) is 0 Å². The van der Waals surface area contributed by atoms with Crippen LogP contribution in [0.3, 0.4) is 0 Å². The third kappa shape index (κ3) is 2.86. The van der Waals surface area contributed by atoms with E-state index >= 15 is 0 Å². The summed E-state index contributed by atoms with van der Waals surface area (Å²) in [5.74, 6) is 0.523. The summed E-state index contributed by atoms with van der Waals surface area (Å²) in [4.78, 5) is 15.0. The van der Waals surface area contributed by atoms with E-state index in [1.807, 2.05) is 44.4 Å². The number of likely N-dealkylation sites (tertiary alicyclic amines) is 1. The van der Waals surface area contributed by atoms with Crippen LogP contribution >= 0.6 is 0 Å². The van der Waals surface area contributed by atoms with Crippen molar-refractivity contribution in [1.82, 2.24) is 14.0 Å². The Kier molecular flexibility index (Phi) is 4.41. The molecule has 0 bridgehead atoms. The lowest BCUT2D eigenvalue weighted by atomic mass is 9.98. The Morgan fingerprint density at radius 3 is 2.61 bits per heavy atom. The molecule has 0 aliphatic carbocycles. The highest BCUT2D eigenvalue weighted by atomic mass is 16.1. The predicted octanol–water partition coefficient (Wildman–Crippen LogP) is 2.17. The summed E-state index contributed by atoms with van der Waals surface area (Å²) in [5, 5.41) is 0. The molecule has 3 rings (SSSR count). The van der Waals surface area contributed by atoms with Gasteiger partial charge in [-0.3, -0.25) is 14.0 Å². The van der Waals surface area contributed by atoms with Crippen molar-refractivity contribution < 1.29 is 0 Å². The number of hydrogen-bond acceptors (Lipinski definition) is 3. The van der Waals surface area contributed by atoms with E-state index in [1.54, 1.807) is 9.13 Å². The van der Waals surface area contributed by atoms with Gasteiger partial charge in [-0.2, -0.15) is 0 Å². The molecule has 1 fully saturated rings. The van der Waals surface area contributed by atoms with Crippen LogP contribution in [0.5, 0.6) is 0 Å². The molecule has 0 radical (unpaired) electrons. The average molecular weight is 314 g/mol. The monoisotopic (exact) mass is 314 g/mol. The van der Waals surface area contributed by atoms with Crippen LogP contribution in [0.25, 0.3) is 5.69 Å². The molecule has 1 saturated heterocycles. The van der Waals surface area contributed by atoms with E-state index in [9.17, 15) is 4.79 Å². The summed E-state index contributed by atoms with van der Waals surface area (Å²) in [6.45, 7) is 5.77. The van der Waals surface area contributed by atoms with E-state index in [0.29, 0.717) is 18.5 Å². The molecule has 124 valence electrons. The summed E-state index contributed by atoms with van der Waals surface area (Å²) < 4.78 is 3.52. The molecule has 5 nitrogen and oxygen atoms in total. The molecule has 1 aliphatic rings. The van der Waals surface area contributed by atoms with E-state index in [0.717, 1.165) is 18.7 Å². The maximum Gasteiger partial charge on any atom is 0.332 e. The normalized spacial score (nSPS) is 22.1. The largest absolute Gasteiger partial charge is 0.332 e. The number of nitrogens with zero attached hydrogens (tertiary/aromatic N) is 3. The lowest BCUT2D eigenvalue weighted by Crippen LogP contribution is -2.26. The van der Waals surface area contributed by atoms with Crippen LogP contribution in [0.4, 0.5) is 0 Å². The molecule has 23 heavy (non-hydrogen) atoms. The Bertz CT molecular complexity index is 731. The topological polar surface area (TPSA) is 56.2 Å². The van der Waals surface area contributed by atoms with Crippen LogP contribution in [0.2, 0.25) is 0 Å². The molecule has 0 spiro atoms. The van der Waals surface area contributed by atoms with Gasteiger partial charge in [-0.15, -0.1) is 0 Å². The fraction of sp³-hybridized carbons (Fsp3) is 0.500. The Balaban J connectivity index is 2.04. The number of imidazole rings is 1. The average Bonchev–Trinajstić information content (AvgIpc) is 3.10. The molecule has 2 aromatic rings. The molecule has 1 aromatic carbocycles. The highest BCUT2D eigenvalue weighted by molar-refractivity contribution is 5.43. The molecule has 0 amide bonds. The summed E-state index contributed by atoms with van der Waals surface area (Å²) in [6, 6.07) is 8.68. The Morgan fingerprint density at radius 2 is 2.00 bits per heavy atom. The quantitative estimate of drug-likeness (QED) is 0.941. The van der Waals surface area contributed by atoms with E-state index in [-0.39, 0.29) is 11.7 Å². The van der Waals surface area contributed by atoms with E-state index in [4.69, 9.17) is 5.73 Å². The van der Waals surface area contributed by atoms with Gasteiger partial charge in [0.1, 0.15) is 0 Å². The van der Waals surface area contributed by atoms with Gasteiger partial charge in [0, 0.05) is 31.0 Å². The van der Waals surface area contributed by atoms with Crippen molar-refractivity contribution in [2.75, 3.05) is 20.1 Å². The van der Waals surface area contributed by atoms with Gasteiger partial charge in [-0.25, -0.2) is 4.79 Å². The molecular weight excluding hydrogens is 288 g/mol. The minimum Gasteiger partial charge on any atom is -0.330 e.